The van der Waals surface area contributed by atoms with E-state index in [1.54, 1.807) is 43.5 Å². The third-order valence-corrected chi connectivity index (χ3v) is 4.52. The van der Waals surface area contributed by atoms with Crippen molar-refractivity contribution in [3.63, 3.8) is 0 Å². The number of carbonyl (C=O) groups excluding carboxylic acids is 2. The highest BCUT2D eigenvalue weighted by molar-refractivity contribution is 6.04. The lowest BCUT2D eigenvalue weighted by molar-refractivity contribution is 0.101. The van der Waals surface area contributed by atoms with Crippen LogP contribution < -0.4 is 10.6 Å². The fourth-order valence-corrected chi connectivity index (χ4v) is 3.07. The number of ketones is 1. The van der Waals surface area contributed by atoms with Crippen LogP contribution in [0.15, 0.2) is 66.9 Å². The molecule has 0 aliphatic carbocycles. The summed E-state index contributed by atoms with van der Waals surface area (Å²) in [6.07, 6.45) is 1.73. The zero-order chi connectivity index (χ0) is 21.1. The van der Waals surface area contributed by atoms with Crippen LogP contribution >= 0.6 is 0 Å². The van der Waals surface area contributed by atoms with Crippen LogP contribution in [0.2, 0.25) is 0 Å². The number of aromatic nitrogens is 3. The number of nitrogens with one attached hydrogen (secondary N) is 2. The summed E-state index contributed by atoms with van der Waals surface area (Å²) in [5.74, 6) is 0.566. The second-order valence-electron chi connectivity index (χ2n) is 6.78. The number of nitrogens with zero attached hydrogens (tertiary/aromatic N) is 3. The van der Waals surface area contributed by atoms with Crippen LogP contribution in [0.5, 0.6) is 0 Å². The fourth-order valence-electron chi connectivity index (χ4n) is 3.07. The first-order chi connectivity index (χ1) is 14.5. The molecule has 7 heteroatoms. The van der Waals surface area contributed by atoms with Crippen molar-refractivity contribution in [1.29, 1.82) is 0 Å². The molecule has 148 valence electrons. The quantitative estimate of drug-likeness (QED) is 0.480. The third-order valence-electron chi connectivity index (χ3n) is 4.52. The smallest absolute Gasteiger partial charge is 0.274 e. The number of carbonyl (C=O) groups is 2. The molecule has 0 spiro atoms. The minimum atomic E-state index is -0.366. The van der Waals surface area contributed by atoms with Gasteiger partial charge in [-0.1, -0.05) is 18.2 Å². The van der Waals surface area contributed by atoms with Gasteiger partial charge in [-0.05, 0) is 50.2 Å². The highest BCUT2D eigenvalue weighted by Gasteiger charge is 2.12. The predicted molar refractivity (Wildman–Crippen MR) is 116 cm³/mol. The first kappa shape index (κ1) is 19.2. The zero-order valence-electron chi connectivity index (χ0n) is 16.5. The average Bonchev–Trinajstić information content (AvgIpc) is 2.74. The van der Waals surface area contributed by atoms with Gasteiger partial charge in [0.05, 0.1) is 11.2 Å². The Morgan fingerprint density at radius 2 is 1.70 bits per heavy atom. The van der Waals surface area contributed by atoms with Gasteiger partial charge in [0, 0.05) is 28.9 Å². The molecule has 30 heavy (non-hydrogen) atoms. The Kier molecular flexibility index (Phi) is 5.17. The number of para-hydroxylation sites is 1. The Balaban J connectivity index is 1.58. The number of anilines is 3. The number of Topliss-reactive ketones (excluding diaryl/α,β-unsaturated/α-hetero) is 1. The number of benzene rings is 2. The SMILES string of the molecule is CC(=O)c1ccc(NC(=O)c2cc(Nc3cccc4cccnc34)nc(C)n2)cc1. The Morgan fingerprint density at radius 3 is 2.47 bits per heavy atom. The molecule has 4 rings (SSSR count). The normalized spacial score (nSPS) is 10.6. The topological polar surface area (TPSA) is 96.9 Å². The molecule has 0 fully saturated rings. The van der Waals surface area contributed by atoms with Gasteiger partial charge < -0.3 is 10.6 Å². The first-order valence-corrected chi connectivity index (χ1v) is 9.38. The van der Waals surface area contributed by atoms with Gasteiger partial charge in [0.25, 0.3) is 5.91 Å². The molecule has 0 saturated heterocycles. The van der Waals surface area contributed by atoms with E-state index in [9.17, 15) is 9.59 Å². The number of hydrogen-bond acceptors (Lipinski definition) is 6. The lowest BCUT2D eigenvalue weighted by Gasteiger charge is -2.11. The molecule has 7 nitrogen and oxygen atoms in total. The van der Waals surface area contributed by atoms with E-state index in [0.717, 1.165) is 16.6 Å². The van der Waals surface area contributed by atoms with Crippen LogP contribution in [-0.4, -0.2) is 26.6 Å². The van der Waals surface area contributed by atoms with Crippen molar-refractivity contribution >= 4 is 39.8 Å². The van der Waals surface area contributed by atoms with E-state index in [1.807, 2.05) is 30.3 Å². The minimum Gasteiger partial charge on any atom is -0.338 e. The van der Waals surface area contributed by atoms with Gasteiger partial charge >= 0.3 is 0 Å². The van der Waals surface area contributed by atoms with Crippen LogP contribution in [0.1, 0.15) is 33.6 Å². The Morgan fingerprint density at radius 1 is 0.933 bits per heavy atom. The molecule has 1 amide bonds. The van der Waals surface area contributed by atoms with Crippen LogP contribution in [0.25, 0.3) is 10.9 Å². The molecule has 0 atom stereocenters. The molecule has 0 radical (unpaired) electrons. The number of pyridine rings is 1. The second-order valence-corrected chi connectivity index (χ2v) is 6.78. The average molecular weight is 397 g/mol. The maximum Gasteiger partial charge on any atom is 0.274 e. The molecule has 0 bridgehead atoms. The molecule has 0 unspecified atom stereocenters. The summed E-state index contributed by atoms with van der Waals surface area (Å²) in [7, 11) is 0. The van der Waals surface area contributed by atoms with Crippen molar-refractivity contribution in [2.45, 2.75) is 13.8 Å². The molecule has 2 aromatic heterocycles. The van der Waals surface area contributed by atoms with Crippen molar-refractivity contribution in [2.24, 2.45) is 0 Å². The van der Waals surface area contributed by atoms with Crippen LogP contribution in [0.4, 0.5) is 17.2 Å². The van der Waals surface area contributed by atoms with E-state index < -0.39 is 0 Å². The molecule has 0 saturated carbocycles. The molecular formula is C23H19N5O2. The summed E-state index contributed by atoms with van der Waals surface area (Å²) in [4.78, 5) is 37.1. The Hall–Kier alpha value is -4.13. The van der Waals surface area contributed by atoms with E-state index in [4.69, 9.17) is 0 Å². The van der Waals surface area contributed by atoms with Gasteiger partial charge in [-0.2, -0.15) is 0 Å². The number of hydrogen-bond donors (Lipinski definition) is 2. The van der Waals surface area contributed by atoms with Crippen LogP contribution in [-0.2, 0) is 0 Å². The lowest BCUT2D eigenvalue weighted by Crippen LogP contribution is -2.15. The third kappa shape index (κ3) is 4.15. The fraction of sp³-hybridized carbons (Fsp3) is 0.0870. The van der Waals surface area contributed by atoms with E-state index >= 15 is 0 Å². The summed E-state index contributed by atoms with van der Waals surface area (Å²) in [6.45, 7) is 3.22. The van der Waals surface area contributed by atoms with Gasteiger partial charge in [0.2, 0.25) is 0 Å². The van der Waals surface area contributed by atoms with Crippen molar-refractivity contribution in [1.82, 2.24) is 15.0 Å². The summed E-state index contributed by atoms with van der Waals surface area (Å²) in [5, 5.41) is 7.03. The van der Waals surface area contributed by atoms with Crippen molar-refractivity contribution in [3.8, 4) is 0 Å². The summed E-state index contributed by atoms with van der Waals surface area (Å²) < 4.78 is 0. The largest absolute Gasteiger partial charge is 0.338 e. The van der Waals surface area contributed by atoms with E-state index in [-0.39, 0.29) is 17.4 Å². The number of fused-ring (bicyclic) bond motifs is 1. The number of amides is 1. The standard InChI is InChI=1S/C23H19N5O2/c1-14(29)16-8-10-18(11-9-16)27-23(30)20-13-21(26-15(2)25-20)28-19-7-3-5-17-6-4-12-24-22(17)19/h3-13H,1-2H3,(H,27,30)(H,25,26,28). The van der Waals surface area contributed by atoms with Gasteiger partial charge in [-0.15, -0.1) is 0 Å². The maximum atomic E-state index is 12.7. The number of rotatable bonds is 5. The molecule has 2 aromatic carbocycles. The number of aryl methyl sites for hydroxylation is 1. The zero-order valence-corrected chi connectivity index (χ0v) is 16.5. The highest BCUT2D eigenvalue weighted by atomic mass is 16.2. The summed E-state index contributed by atoms with van der Waals surface area (Å²) in [5.41, 5.74) is 2.99. The van der Waals surface area contributed by atoms with Gasteiger partial charge in [-0.25, -0.2) is 9.97 Å². The highest BCUT2D eigenvalue weighted by Crippen LogP contribution is 2.24. The van der Waals surface area contributed by atoms with E-state index in [0.29, 0.717) is 22.9 Å². The molecular weight excluding hydrogens is 378 g/mol. The molecule has 0 aliphatic heterocycles. The van der Waals surface area contributed by atoms with E-state index in [2.05, 4.69) is 25.6 Å². The van der Waals surface area contributed by atoms with Crippen molar-refractivity contribution in [3.05, 3.63) is 83.9 Å². The van der Waals surface area contributed by atoms with Gasteiger partial charge in [0.1, 0.15) is 17.3 Å². The molecule has 4 aromatic rings. The van der Waals surface area contributed by atoms with Crippen LogP contribution in [0, 0.1) is 6.92 Å². The summed E-state index contributed by atoms with van der Waals surface area (Å²) >= 11 is 0. The lowest BCUT2D eigenvalue weighted by atomic mass is 10.1. The molecule has 2 heterocycles. The molecule has 2 N–H and O–H groups in total. The van der Waals surface area contributed by atoms with Gasteiger partial charge in [-0.3, -0.25) is 14.6 Å². The van der Waals surface area contributed by atoms with E-state index in [1.165, 1.54) is 6.92 Å². The second kappa shape index (κ2) is 8.08. The first-order valence-electron chi connectivity index (χ1n) is 9.38. The summed E-state index contributed by atoms with van der Waals surface area (Å²) in [6, 6.07) is 18.0. The van der Waals surface area contributed by atoms with Gasteiger partial charge in [0.15, 0.2) is 5.78 Å². The minimum absolute atomic E-state index is 0.0297. The van der Waals surface area contributed by atoms with Crippen LogP contribution in [0.3, 0.4) is 0 Å². The maximum absolute atomic E-state index is 12.7. The van der Waals surface area contributed by atoms with Crippen molar-refractivity contribution < 1.29 is 9.59 Å². The Labute approximate surface area is 173 Å². The monoisotopic (exact) mass is 397 g/mol. The molecule has 0 aliphatic rings. The predicted octanol–water partition coefficient (Wildman–Crippen LogP) is 4.53. The Bertz CT molecular complexity index is 1250. The van der Waals surface area contributed by atoms with Crippen molar-refractivity contribution in [2.75, 3.05) is 10.6 Å².